The van der Waals surface area contributed by atoms with Crippen LogP contribution in [0.1, 0.15) is 63.3 Å². The average Bonchev–Trinajstić information content (AvgIpc) is 3.25. The van der Waals surface area contributed by atoms with Crippen LogP contribution >= 0.6 is 0 Å². The molecule has 7 heteroatoms. The fourth-order valence-electron chi connectivity index (χ4n) is 4.16. The number of aromatic nitrogens is 2. The molecule has 1 saturated carbocycles. The van der Waals surface area contributed by atoms with E-state index >= 15 is 0 Å². The zero-order valence-electron chi connectivity index (χ0n) is 16.4. The molecule has 0 spiro atoms. The first-order valence-corrected chi connectivity index (χ1v) is 10.3. The van der Waals surface area contributed by atoms with Crippen molar-refractivity contribution in [2.45, 2.75) is 63.5 Å². The minimum absolute atomic E-state index is 0.000738. The second-order valence-electron chi connectivity index (χ2n) is 7.67. The molecular formula is C21H28N4O3. The van der Waals surface area contributed by atoms with Crippen LogP contribution < -0.4 is 10.1 Å². The number of hydrogen-bond acceptors (Lipinski definition) is 5. The van der Waals surface area contributed by atoms with Crippen molar-refractivity contribution in [2.75, 3.05) is 13.7 Å². The van der Waals surface area contributed by atoms with Gasteiger partial charge in [0.2, 0.25) is 11.7 Å². The molecule has 150 valence electrons. The van der Waals surface area contributed by atoms with E-state index in [0.29, 0.717) is 17.8 Å². The van der Waals surface area contributed by atoms with Crippen molar-refractivity contribution in [3.63, 3.8) is 0 Å². The monoisotopic (exact) mass is 384 g/mol. The van der Waals surface area contributed by atoms with Gasteiger partial charge < -0.3 is 19.5 Å². The van der Waals surface area contributed by atoms with Crippen LogP contribution in [0.3, 0.4) is 0 Å². The Balaban J connectivity index is 1.48. The highest BCUT2D eigenvalue weighted by Gasteiger charge is 2.33. The van der Waals surface area contributed by atoms with Crippen molar-refractivity contribution < 1.29 is 14.1 Å². The molecule has 1 aromatic heterocycles. The van der Waals surface area contributed by atoms with Crippen LogP contribution in [0.5, 0.6) is 5.75 Å². The van der Waals surface area contributed by atoms with Gasteiger partial charge in [0.15, 0.2) is 0 Å². The van der Waals surface area contributed by atoms with Crippen LogP contribution in [0, 0.1) is 0 Å². The molecule has 0 bridgehead atoms. The topological polar surface area (TPSA) is 80.5 Å². The van der Waals surface area contributed by atoms with Gasteiger partial charge in [0.25, 0.3) is 0 Å². The van der Waals surface area contributed by atoms with Crippen LogP contribution in [0.4, 0.5) is 4.79 Å². The van der Waals surface area contributed by atoms with Gasteiger partial charge in [-0.05, 0) is 56.4 Å². The van der Waals surface area contributed by atoms with Crippen LogP contribution in [0.15, 0.2) is 28.8 Å². The normalized spacial score (nSPS) is 20.8. The highest BCUT2D eigenvalue weighted by Crippen LogP contribution is 2.32. The SMILES string of the molecule is COc1ccc(-c2noc(C3CCCCN3C(=O)NC3CCCCC3)n2)cc1. The highest BCUT2D eigenvalue weighted by atomic mass is 16.5. The van der Waals surface area contributed by atoms with E-state index in [1.54, 1.807) is 7.11 Å². The van der Waals surface area contributed by atoms with E-state index in [1.807, 2.05) is 29.2 Å². The van der Waals surface area contributed by atoms with E-state index in [9.17, 15) is 4.79 Å². The lowest BCUT2D eigenvalue weighted by Crippen LogP contribution is -2.48. The van der Waals surface area contributed by atoms with Gasteiger partial charge >= 0.3 is 6.03 Å². The Kier molecular flexibility index (Phi) is 5.78. The van der Waals surface area contributed by atoms with Gasteiger partial charge in [-0.15, -0.1) is 0 Å². The van der Waals surface area contributed by atoms with Crippen LogP contribution in [0.25, 0.3) is 11.4 Å². The standard InChI is InChI=1S/C21H28N4O3/c1-27-17-12-10-15(11-13-17)19-23-20(28-24-19)18-9-5-6-14-25(18)21(26)22-16-7-3-2-4-8-16/h10-13,16,18H,2-9,14H2,1H3,(H,22,26). The van der Waals surface area contributed by atoms with Gasteiger partial charge in [-0.3, -0.25) is 0 Å². The van der Waals surface area contributed by atoms with Gasteiger partial charge in [-0.25, -0.2) is 4.79 Å². The zero-order valence-corrected chi connectivity index (χ0v) is 16.4. The number of ether oxygens (including phenoxy) is 1. The Morgan fingerprint density at radius 3 is 2.61 bits per heavy atom. The third-order valence-electron chi connectivity index (χ3n) is 5.77. The fraction of sp³-hybridized carbons (Fsp3) is 0.571. The Morgan fingerprint density at radius 2 is 1.86 bits per heavy atom. The number of urea groups is 1. The summed E-state index contributed by atoms with van der Waals surface area (Å²) < 4.78 is 10.8. The largest absolute Gasteiger partial charge is 0.497 e. The molecule has 2 aromatic rings. The minimum Gasteiger partial charge on any atom is -0.497 e. The molecule has 1 aliphatic heterocycles. The maximum absolute atomic E-state index is 12.9. The molecule has 1 aliphatic carbocycles. The second kappa shape index (κ2) is 8.63. The molecule has 2 amide bonds. The maximum Gasteiger partial charge on any atom is 0.318 e. The molecule has 1 atom stereocenters. The second-order valence-corrected chi connectivity index (χ2v) is 7.67. The van der Waals surface area contributed by atoms with E-state index in [1.165, 1.54) is 19.3 Å². The first kappa shape index (κ1) is 18.8. The predicted octanol–water partition coefficient (Wildman–Crippen LogP) is 4.31. The summed E-state index contributed by atoms with van der Waals surface area (Å²) in [4.78, 5) is 19.4. The summed E-state index contributed by atoms with van der Waals surface area (Å²) in [7, 11) is 1.64. The number of benzene rings is 1. The van der Waals surface area contributed by atoms with Crippen molar-refractivity contribution in [1.29, 1.82) is 0 Å². The Hall–Kier alpha value is -2.57. The number of nitrogens with one attached hydrogen (secondary N) is 1. The number of rotatable bonds is 4. The summed E-state index contributed by atoms with van der Waals surface area (Å²) in [5, 5.41) is 7.36. The number of piperidine rings is 1. The molecule has 0 radical (unpaired) electrons. The van der Waals surface area contributed by atoms with Crippen LogP contribution in [0.2, 0.25) is 0 Å². The van der Waals surface area contributed by atoms with Crippen molar-refractivity contribution >= 4 is 6.03 Å². The average molecular weight is 384 g/mol. The van der Waals surface area contributed by atoms with Crippen molar-refractivity contribution in [3.8, 4) is 17.1 Å². The highest BCUT2D eigenvalue weighted by molar-refractivity contribution is 5.75. The molecule has 1 unspecified atom stereocenters. The molecule has 4 rings (SSSR count). The lowest BCUT2D eigenvalue weighted by Gasteiger charge is -2.35. The number of carbonyl (C=O) groups is 1. The number of amides is 2. The summed E-state index contributed by atoms with van der Waals surface area (Å²) >= 11 is 0. The molecule has 2 aliphatic rings. The first-order valence-electron chi connectivity index (χ1n) is 10.3. The van der Waals surface area contributed by atoms with E-state index in [2.05, 4.69) is 15.5 Å². The van der Waals surface area contributed by atoms with Crippen LogP contribution in [-0.2, 0) is 0 Å². The van der Waals surface area contributed by atoms with E-state index in [0.717, 1.165) is 50.0 Å². The van der Waals surface area contributed by atoms with E-state index < -0.39 is 0 Å². The van der Waals surface area contributed by atoms with Crippen molar-refractivity contribution in [3.05, 3.63) is 30.2 Å². The summed E-state index contributed by atoms with van der Waals surface area (Å²) in [6.07, 6.45) is 8.73. The van der Waals surface area contributed by atoms with E-state index in [4.69, 9.17) is 9.26 Å². The summed E-state index contributed by atoms with van der Waals surface area (Å²) in [5.41, 5.74) is 0.866. The zero-order chi connectivity index (χ0) is 19.3. The van der Waals surface area contributed by atoms with Crippen molar-refractivity contribution in [2.24, 2.45) is 0 Å². The fourth-order valence-corrected chi connectivity index (χ4v) is 4.16. The molecule has 2 fully saturated rings. The van der Waals surface area contributed by atoms with E-state index in [-0.39, 0.29) is 12.1 Å². The van der Waals surface area contributed by atoms with Gasteiger partial charge in [0.1, 0.15) is 11.8 Å². The predicted molar refractivity (Wildman–Crippen MR) is 105 cm³/mol. The lowest BCUT2D eigenvalue weighted by molar-refractivity contribution is 0.127. The first-order chi connectivity index (χ1) is 13.7. The third-order valence-corrected chi connectivity index (χ3v) is 5.77. The molecular weight excluding hydrogens is 356 g/mol. The Labute approximate surface area is 165 Å². The molecule has 28 heavy (non-hydrogen) atoms. The third kappa shape index (κ3) is 4.13. The minimum atomic E-state index is -0.156. The van der Waals surface area contributed by atoms with Gasteiger partial charge in [0.05, 0.1) is 7.11 Å². The summed E-state index contributed by atoms with van der Waals surface area (Å²) in [6, 6.07) is 7.69. The van der Waals surface area contributed by atoms with Gasteiger partial charge in [0, 0.05) is 18.2 Å². The number of carbonyl (C=O) groups excluding carboxylic acids is 1. The van der Waals surface area contributed by atoms with Crippen LogP contribution in [-0.4, -0.2) is 40.8 Å². The molecule has 1 aromatic carbocycles. The molecule has 1 N–H and O–H groups in total. The van der Waals surface area contributed by atoms with Crippen molar-refractivity contribution in [1.82, 2.24) is 20.4 Å². The molecule has 2 heterocycles. The molecule has 1 saturated heterocycles. The van der Waals surface area contributed by atoms with Gasteiger partial charge in [-0.1, -0.05) is 24.4 Å². The van der Waals surface area contributed by atoms with Gasteiger partial charge in [-0.2, -0.15) is 4.98 Å². The maximum atomic E-state index is 12.9. The lowest BCUT2D eigenvalue weighted by atomic mass is 9.95. The molecule has 7 nitrogen and oxygen atoms in total. The number of methoxy groups -OCH3 is 1. The number of likely N-dealkylation sites (tertiary alicyclic amines) is 1. The summed E-state index contributed by atoms with van der Waals surface area (Å²) in [5.74, 6) is 1.84. The number of nitrogens with zero attached hydrogens (tertiary/aromatic N) is 3. The smallest absolute Gasteiger partial charge is 0.318 e. The summed E-state index contributed by atoms with van der Waals surface area (Å²) in [6.45, 7) is 0.726. The Bertz CT molecular complexity index is 783. The quantitative estimate of drug-likeness (QED) is 0.849. The number of hydrogen-bond donors (Lipinski definition) is 1. The Morgan fingerprint density at radius 1 is 1.11 bits per heavy atom.